The molecule has 27 heavy (non-hydrogen) atoms. The molecular weight excluding hydrogens is 346 g/mol. The number of anilines is 1. The lowest BCUT2D eigenvalue weighted by Crippen LogP contribution is -2.27. The van der Waals surface area contributed by atoms with Gasteiger partial charge in [0.05, 0.1) is 13.2 Å². The predicted molar refractivity (Wildman–Crippen MR) is 103 cm³/mol. The van der Waals surface area contributed by atoms with Gasteiger partial charge >= 0.3 is 0 Å². The summed E-state index contributed by atoms with van der Waals surface area (Å²) in [6.07, 6.45) is 2.02. The minimum atomic E-state index is -0.258. The molecule has 2 N–H and O–H groups in total. The van der Waals surface area contributed by atoms with Gasteiger partial charge in [-0.3, -0.25) is 10.1 Å². The van der Waals surface area contributed by atoms with Crippen molar-refractivity contribution in [2.45, 2.75) is 32.6 Å². The maximum Gasteiger partial charge on any atom is 0.258 e. The number of aryl methyl sites for hydroxylation is 1. The van der Waals surface area contributed by atoms with E-state index in [1.165, 1.54) is 0 Å². The number of benzene rings is 1. The van der Waals surface area contributed by atoms with Crippen LogP contribution in [0, 0.1) is 0 Å². The fraction of sp³-hybridized carbons (Fsp3) is 0.526. The molecular formula is C19H27N5O3. The van der Waals surface area contributed by atoms with Crippen LogP contribution in [0.15, 0.2) is 18.2 Å². The summed E-state index contributed by atoms with van der Waals surface area (Å²) >= 11 is 0. The number of amides is 1. The molecule has 1 amide bonds. The number of carbonyl (C=O) groups excluding carboxylic acids is 1. The minimum absolute atomic E-state index is 0.258. The summed E-state index contributed by atoms with van der Waals surface area (Å²) in [5.41, 5.74) is 0.480. The molecule has 1 aromatic heterocycles. The highest BCUT2D eigenvalue weighted by molar-refractivity contribution is 6.03. The van der Waals surface area contributed by atoms with Crippen molar-refractivity contribution in [3.8, 4) is 11.5 Å². The number of ether oxygens (including phenoxy) is 2. The van der Waals surface area contributed by atoms with Gasteiger partial charge in [-0.15, -0.1) is 0 Å². The van der Waals surface area contributed by atoms with E-state index in [0.29, 0.717) is 42.1 Å². The SMILES string of the molecule is CCOc1ccc(C(=O)Nc2nc(C3CCNCC3)nn2C)cc1OCC. The van der Waals surface area contributed by atoms with Gasteiger partial charge < -0.3 is 14.8 Å². The molecule has 1 saturated heterocycles. The summed E-state index contributed by atoms with van der Waals surface area (Å²) in [4.78, 5) is 17.2. The van der Waals surface area contributed by atoms with Crippen LogP contribution in [0.1, 0.15) is 48.8 Å². The van der Waals surface area contributed by atoms with Crippen molar-refractivity contribution < 1.29 is 14.3 Å². The lowest BCUT2D eigenvalue weighted by atomic mass is 9.98. The monoisotopic (exact) mass is 373 g/mol. The molecule has 8 nitrogen and oxygen atoms in total. The zero-order valence-corrected chi connectivity index (χ0v) is 16.1. The topological polar surface area (TPSA) is 90.3 Å². The fourth-order valence-electron chi connectivity index (χ4n) is 3.13. The van der Waals surface area contributed by atoms with E-state index in [1.807, 2.05) is 13.8 Å². The number of rotatable bonds is 7. The van der Waals surface area contributed by atoms with Crippen molar-refractivity contribution in [2.24, 2.45) is 7.05 Å². The van der Waals surface area contributed by atoms with Crippen LogP contribution < -0.4 is 20.1 Å². The molecule has 0 unspecified atom stereocenters. The van der Waals surface area contributed by atoms with Gasteiger partial charge in [-0.05, 0) is 58.0 Å². The molecule has 2 aromatic rings. The fourth-order valence-corrected chi connectivity index (χ4v) is 3.13. The molecule has 146 valence electrons. The average Bonchev–Trinajstić information content (AvgIpc) is 3.04. The second-order valence-corrected chi connectivity index (χ2v) is 6.42. The van der Waals surface area contributed by atoms with Crippen LogP contribution in [-0.4, -0.2) is 47.0 Å². The Morgan fingerprint density at radius 1 is 1.22 bits per heavy atom. The van der Waals surface area contributed by atoms with E-state index < -0.39 is 0 Å². The summed E-state index contributed by atoms with van der Waals surface area (Å²) in [5.74, 6) is 2.49. The van der Waals surface area contributed by atoms with Gasteiger partial charge in [-0.1, -0.05) is 0 Å². The number of nitrogens with zero attached hydrogens (tertiary/aromatic N) is 3. The van der Waals surface area contributed by atoms with Crippen molar-refractivity contribution in [1.82, 2.24) is 20.1 Å². The molecule has 1 fully saturated rings. The first-order chi connectivity index (χ1) is 13.1. The van der Waals surface area contributed by atoms with Gasteiger partial charge in [0.1, 0.15) is 0 Å². The van der Waals surface area contributed by atoms with Crippen molar-refractivity contribution in [2.75, 3.05) is 31.6 Å². The lowest BCUT2D eigenvalue weighted by molar-refractivity contribution is 0.102. The molecule has 1 aliphatic heterocycles. The van der Waals surface area contributed by atoms with E-state index >= 15 is 0 Å². The van der Waals surface area contributed by atoms with Gasteiger partial charge in [0.2, 0.25) is 5.95 Å². The molecule has 0 atom stereocenters. The molecule has 0 bridgehead atoms. The Labute approximate surface area is 159 Å². The van der Waals surface area contributed by atoms with Gasteiger partial charge in [0, 0.05) is 18.5 Å². The number of piperidine rings is 1. The molecule has 1 aliphatic rings. The van der Waals surface area contributed by atoms with E-state index in [0.717, 1.165) is 31.8 Å². The number of nitrogens with one attached hydrogen (secondary N) is 2. The van der Waals surface area contributed by atoms with Gasteiger partial charge in [-0.2, -0.15) is 10.1 Å². The third-order valence-electron chi connectivity index (χ3n) is 4.51. The van der Waals surface area contributed by atoms with Crippen molar-refractivity contribution in [3.05, 3.63) is 29.6 Å². The minimum Gasteiger partial charge on any atom is -0.490 e. The molecule has 0 radical (unpaired) electrons. The third kappa shape index (κ3) is 4.57. The van der Waals surface area contributed by atoms with Crippen LogP contribution in [0.3, 0.4) is 0 Å². The summed E-state index contributed by atoms with van der Waals surface area (Å²) < 4.78 is 12.8. The highest BCUT2D eigenvalue weighted by Crippen LogP contribution is 2.29. The summed E-state index contributed by atoms with van der Waals surface area (Å²) in [6, 6.07) is 5.15. The maximum absolute atomic E-state index is 12.7. The molecule has 1 aromatic carbocycles. The van der Waals surface area contributed by atoms with Gasteiger partial charge in [0.25, 0.3) is 5.91 Å². The van der Waals surface area contributed by atoms with Crippen molar-refractivity contribution in [3.63, 3.8) is 0 Å². The van der Waals surface area contributed by atoms with Crippen LogP contribution in [-0.2, 0) is 7.05 Å². The van der Waals surface area contributed by atoms with Gasteiger partial charge in [0.15, 0.2) is 17.3 Å². The van der Waals surface area contributed by atoms with Gasteiger partial charge in [-0.25, -0.2) is 4.68 Å². The standard InChI is InChI=1S/C19H27N5O3/c1-4-26-15-7-6-14(12-16(15)27-5-2)18(25)22-19-21-17(23-24(19)3)13-8-10-20-11-9-13/h6-7,12-13,20H,4-5,8-11H2,1-3H3,(H,21,22,23,25). The second-order valence-electron chi connectivity index (χ2n) is 6.42. The van der Waals surface area contributed by atoms with E-state index in [4.69, 9.17) is 9.47 Å². The van der Waals surface area contributed by atoms with Crippen LogP contribution in [0.4, 0.5) is 5.95 Å². The summed E-state index contributed by atoms with van der Waals surface area (Å²) in [5, 5.41) is 10.7. The Hall–Kier alpha value is -2.61. The highest BCUT2D eigenvalue weighted by Gasteiger charge is 2.22. The first kappa shape index (κ1) is 19.2. The van der Waals surface area contributed by atoms with E-state index in [-0.39, 0.29) is 5.91 Å². The molecule has 0 saturated carbocycles. The average molecular weight is 373 g/mol. The molecule has 8 heteroatoms. The largest absolute Gasteiger partial charge is 0.490 e. The van der Waals surface area contributed by atoms with Crippen molar-refractivity contribution >= 4 is 11.9 Å². The molecule has 0 aliphatic carbocycles. The Morgan fingerprint density at radius 2 is 1.93 bits per heavy atom. The number of hydrogen-bond acceptors (Lipinski definition) is 6. The smallest absolute Gasteiger partial charge is 0.258 e. The Kier molecular flexibility index (Phi) is 6.28. The number of hydrogen-bond donors (Lipinski definition) is 2. The first-order valence-electron chi connectivity index (χ1n) is 9.45. The first-order valence-corrected chi connectivity index (χ1v) is 9.45. The maximum atomic E-state index is 12.7. The van der Waals surface area contributed by atoms with Crippen molar-refractivity contribution in [1.29, 1.82) is 0 Å². The molecule has 2 heterocycles. The predicted octanol–water partition coefficient (Wildman–Crippen LogP) is 2.33. The zero-order valence-electron chi connectivity index (χ0n) is 16.1. The second kappa shape index (κ2) is 8.85. The summed E-state index contributed by atoms with van der Waals surface area (Å²) in [7, 11) is 1.79. The van der Waals surface area contributed by atoms with Crippen LogP contribution in [0.5, 0.6) is 11.5 Å². The lowest BCUT2D eigenvalue weighted by Gasteiger charge is -2.19. The Bertz CT molecular complexity index is 784. The Balaban J connectivity index is 1.75. The van der Waals surface area contributed by atoms with E-state index in [1.54, 1.807) is 29.9 Å². The highest BCUT2D eigenvalue weighted by atomic mass is 16.5. The number of aromatic nitrogens is 3. The van der Waals surface area contributed by atoms with Crippen LogP contribution in [0.25, 0.3) is 0 Å². The quantitative estimate of drug-likeness (QED) is 0.774. The summed E-state index contributed by atoms with van der Waals surface area (Å²) in [6.45, 7) is 6.76. The van der Waals surface area contributed by atoms with Crippen LogP contribution >= 0.6 is 0 Å². The normalized spacial score (nSPS) is 14.8. The van der Waals surface area contributed by atoms with Crippen LogP contribution in [0.2, 0.25) is 0 Å². The zero-order chi connectivity index (χ0) is 19.2. The Morgan fingerprint density at radius 3 is 2.63 bits per heavy atom. The van der Waals surface area contributed by atoms with E-state index in [2.05, 4.69) is 20.7 Å². The third-order valence-corrected chi connectivity index (χ3v) is 4.51. The number of carbonyl (C=O) groups is 1. The van der Waals surface area contributed by atoms with E-state index in [9.17, 15) is 4.79 Å². The molecule has 3 rings (SSSR count). The molecule has 0 spiro atoms.